The number of nitrogens with zero attached hydrogens (tertiary/aromatic N) is 3. The first kappa shape index (κ1) is 19.6. The largest absolute Gasteiger partial charge is 0.341 e. The van der Waals surface area contributed by atoms with Crippen LogP contribution in [0.2, 0.25) is 0 Å². The Hall–Kier alpha value is -3.34. The van der Waals surface area contributed by atoms with E-state index in [1.807, 2.05) is 48.5 Å². The summed E-state index contributed by atoms with van der Waals surface area (Å²) < 4.78 is 2.08. The summed E-state index contributed by atoms with van der Waals surface area (Å²) in [6.07, 6.45) is 7.09. The molecule has 0 atom stereocenters. The average molecular weight is 414 g/mol. The number of amides is 2. The fraction of sp³-hybridized carbons (Fsp3) is 0.308. The molecule has 0 saturated carbocycles. The van der Waals surface area contributed by atoms with Gasteiger partial charge in [-0.05, 0) is 37.0 Å². The zero-order valence-corrected chi connectivity index (χ0v) is 18.1. The minimum atomic E-state index is 0.00175. The number of aryl methyl sites for hydroxylation is 1. The Balaban J connectivity index is 1.62. The van der Waals surface area contributed by atoms with E-state index in [4.69, 9.17) is 0 Å². The predicted octanol–water partition coefficient (Wildman–Crippen LogP) is 4.34. The molecule has 0 spiro atoms. The topological polar surface area (TPSA) is 45.6 Å². The van der Waals surface area contributed by atoms with Crippen molar-refractivity contribution in [3.63, 3.8) is 0 Å². The summed E-state index contributed by atoms with van der Waals surface area (Å²) in [5.74, 6) is 0.170. The van der Waals surface area contributed by atoms with E-state index in [1.165, 1.54) is 5.56 Å². The summed E-state index contributed by atoms with van der Waals surface area (Å²) >= 11 is 0. The Morgan fingerprint density at radius 2 is 1.84 bits per heavy atom. The van der Waals surface area contributed by atoms with Crippen molar-refractivity contribution in [3.05, 3.63) is 65.4 Å². The standard InChI is InChI=1S/C26H27N3O2/c1-3-18-9-8-11-20-19(15-22-21-10-4-5-12-23(21)27(2)26(22)31)16-29(25(18)20)17-24(30)28-13-6-7-14-28/h4-5,8-12,15-16H,3,6-7,13-14,17H2,1-2H3. The fourth-order valence-electron chi connectivity index (χ4n) is 4.90. The van der Waals surface area contributed by atoms with E-state index < -0.39 is 0 Å². The Kier molecular flexibility index (Phi) is 4.89. The van der Waals surface area contributed by atoms with Gasteiger partial charge in [-0.3, -0.25) is 9.59 Å². The van der Waals surface area contributed by atoms with Crippen LogP contribution in [0.4, 0.5) is 5.69 Å². The molecular formula is C26H27N3O2. The highest BCUT2D eigenvalue weighted by Crippen LogP contribution is 2.38. The third-order valence-corrected chi connectivity index (χ3v) is 6.55. The van der Waals surface area contributed by atoms with Crippen LogP contribution in [-0.4, -0.2) is 41.4 Å². The number of carbonyl (C=O) groups excluding carboxylic acids is 2. The first-order chi connectivity index (χ1) is 15.1. The lowest BCUT2D eigenvalue weighted by Crippen LogP contribution is -2.30. The van der Waals surface area contributed by atoms with Crippen molar-refractivity contribution < 1.29 is 9.59 Å². The van der Waals surface area contributed by atoms with Crippen LogP contribution in [0, 0.1) is 0 Å². The van der Waals surface area contributed by atoms with E-state index in [-0.39, 0.29) is 11.8 Å². The van der Waals surface area contributed by atoms with E-state index in [0.717, 1.165) is 60.1 Å². The minimum Gasteiger partial charge on any atom is -0.341 e. The molecule has 0 unspecified atom stereocenters. The molecule has 0 radical (unpaired) electrons. The molecule has 2 amide bonds. The number of anilines is 1. The maximum atomic E-state index is 13.0. The van der Waals surface area contributed by atoms with Gasteiger partial charge in [0.2, 0.25) is 5.91 Å². The highest BCUT2D eigenvalue weighted by atomic mass is 16.2. The Labute approximate surface area is 182 Å². The van der Waals surface area contributed by atoms with Gasteiger partial charge in [0.15, 0.2) is 0 Å². The van der Waals surface area contributed by atoms with Gasteiger partial charge in [0.1, 0.15) is 6.54 Å². The Morgan fingerprint density at radius 1 is 1.06 bits per heavy atom. The van der Waals surface area contributed by atoms with E-state index in [2.05, 4.69) is 29.7 Å². The maximum absolute atomic E-state index is 13.0. The fourth-order valence-corrected chi connectivity index (χ4v) is 4.90. The van der Waals surface area contributed by atoms with Crippen molar-refractivity contribution in [3.8, 4) is 0 Å². The molecule has 31 heavy (non-hydrogen) atoms. The molecule has 0 aliphatic carbocycles. The highest BCUT2D eigenvalue weighted by molar-refractivity contribution is 6.36. The van der Waals surface area contributed by atoms with Crippen molar-refractivity contribution in [1.29, 1.82) is 0 Å². The van der Waals surface area contributed by atoms with Crippen LogP contribution in [0.3, 0.4) is 0 Å². The zero-order chi connectivity index (χ0) is 21.5. The van der Waals surface area contributed by atoms with Gasteiger partial charge in [-0.25, -0.2) is 0 Å². The molecule has 1 saturated heterocycles. The first-order valence-electron chi connectivity index (χ1n) is 11.1. The van der Waals surface area contributed by atoms with Crippen molar-refractivity contribution in [1.82, 2.24) is 9.47 Å². The summed E-state index contributed by atoms with van der Waals surface area (Å²) in [6, 6.07) is 14.2. The van der Waals surface area contributed by atoms with Gasteiger partial charge >= 0.3 is 0 Å². The molecule has 2 aliphatic rings. The number of benzene rings is 2. The van der Waals surface area contributed by atoms with Gasteiger partial charge in [0, 0.05) is 48.4 Å². The molecule has 5 heteroatoms. The molecule has 3 aromatic rings. The second-order valence-corrected chi connectivity index (χ2v) is 8.41. The van der Waals surface area contributed by atoms with Crippen molar-refractivity contribution in [2.45, 2.75) is 32.7 Å². The number of hydrogen-bond acceptors (Lipinski definition) is 2. The number of aromatic nitrogens is 1. The number of carbonyl (C=O) groups is 2. The zero-order valence-electron chi connectivity index (χ0n) is 18.1. The number of likely N-dealkylation sites (N-methyl/N-ethyl adjacent to an activating group) is 1. The number of fused-ring (bicyclic) bond motifs is 2. The Morgan fingerprint density at radius 3 is 2.61 bits per heavy atom. The molecular weight excluding hydrogens is 386 g/mol. The van der Waals surface area contributed by atoms with E-state index >= 15 is 0 Å². The van der Waals surface area contributed by atoms with Crippen molar-refractivity contribution in [2.75, 3.05) is 25.0 Å². The molecule has 0 bridgehead atoms. The van der Waals surface area contributed by atoms with E-state index in [1.54, 1.807) is 4.90 Å². The van der Waals surface area contributed by atoms with Crippen LogP contribution >= 0.6 is 0 Å². The van der Waals surface area contributed by atoms with Gasteiger partial charge in [0.05, 0.1) is 11.2 Å². The third-order valence-electron chi connectivity index (χ3n) is 6.55. The molecule has 158 valence electrons. The lowest BCUT2D eigenvalue weighted by atomic mass is 10.0. The molecule has 0 N–H and O–H groups in total. The van der Waals surface area contributed by atoms with Crippen LogP contribution in [0.15, 0.2) is 48.7 Å². The lowest BCUT2D eigenvalue weighted by molar-refractivity contribution is -0.130. The lowest BCUT2D eigenvalue weighted by Gasteiger charge is -2.16. The van der Waals surface area contributed by atoms with Gasteiger partial charge in [0.25, 0.3) is 5.91 Å². The molecule has 2 aromatic carbocycles. The predicted molar refractivity (Wildman–Crippen MR) is 125 cm³/mol. The molecule has 2 aliphatic heterocycles. The first-order valence-corrected chi connectivity index (χ1v) is 11.1. The second kappa shape index (κ2) is 7.73. The summed E-state index contributed by atoms with van der Waals surface area (Å²) in [7, 11) is 1.81. The van der Waals surface area contributed by atoms with Crippen LogP contribution < -0.4 is 4.90 Å². The summed E-state index contributed by atoms with van der Waals surface area (Å²) in [6.45, 7) is 4.18. The molecule has 5 rings (SSSR count). The van der Waals surface area contributed by atoms with Gasteiger partial charge < -0.3 is 14.4 Å². The smallest absolute Gasteiger partial charge is 0.258 e. The summed E-state index contributed by atoms with van der Waals surface area (Å²) in [5.41, 5.74) is 5.87. The number of para-hydroxylation sites is 2. The SMILES string of the molecule is CCc1cccc2c(C=C3C(=O)N(C)c4ccccc43)cn(CC(=O)N3CCCC3)c12. The molecule has 1 aromatic heterocycles. The average Bonchev–Trinajstić information content (AvgIpc) is 3.50. The monoisotopic (exact) mass is 413 g/mol. The Bertz CT molecular complexity index is 1210. The van der Waals surface area contributed by atoms with E-state index in [9.17, 15) is 9.59 Å². The maximum Gasteiger partial charge on any atom is 0.258 e. The normalized spacial score (nSPS) is 17.2. The number of hydrogen-bond donors (Lipinski definition) is 0. The summed E-state index contributed by atoms with van der Waals surface area (Å²) in [5, 5.41) is 1.08. The minimum absolute atomic E-state index is 0.00175. The highest BCUT2D eigenvalue weighted by Gasteiger charge is 2.29. The second-order valence-electron chi connectivity index (χ2n) is 8.41. The van der Waals surface area contributed by atoms with Crippen LogP contribution in [-0.2, 0) is 22.6 Å². The van der Waals surface area contributed by atoms with Crippen molar-refractivity contribution >= 4 is 40.1 Å². The van der Waals surface area contributed by atoms with Crippen LogP contribution in [0.25, 0.3) is 22.6 Å². The quantitative estimate of drug-likeness (QED) is 0.597. The number of rotatable bonds is 4. The molecule has 5 nitrogen and oxygen atoms in total. The molecule has 1 fully saturated rings. The van der Waals surface area contributed by atoms with Gasteiger partial charge in [-0.15, -0.1) is 0 Å². The van der Waals surface area contributed by atoms with E-state index in [0.29, 0.717) is 12.1 Å². The van der Waals surface area contributed by atoms with Crippen molar-refractivity contribution in [2.24, 2.45) is 0 Å². The van der Waals surface area contributed by atoms with Crippen LogP contribution in [0.5, 0.6) is 0 Å². The van der Waals surface area contributed by atoms with Gasteiger partial charge in [-0.1, -0.05) is 43.3 Å². The number of likely N-dealkylation sites (tertiary alicyclic amines) is 1. The molecule has 3 heterocycles. The van der Waals surface area contributed by atoms with Crippen LogP contribution in [0.1, 0.15) is 36.5 Å². The third kappa shape index (κ3) is 3.25. The van der Waals surface area contributed by atoms with Gasteiger partial charge in [-0.2, -0.15) is 0 Å². The summed E-state index contributed by atoms with van der Waals surface area (Å²) in [4.78, 5) is 29.5.